The van der Waals surface area contributed by atoms with Gasteiger partial charge in [-0.15, -0.1) is 0 Å². The van der Waals surface area contributed by atoms with Crippen molar-refractivity contribution in [2.75, 3.05) is 12.4 Å². The molecule has 104 valence electrons. The molecule has 1 aliphatic carbocycles. The summed E-state index contributed by atoms with van der Waals surface area (Å²) in [6.07, 6.45) is 9.21. The van der Waals surface area contributed by atoms with Crippen molar-refractivity contribution in [1.29, 1.82) is 0 Å². The summed E-state index contributed by atoms with van der Waals surface area (Å²) in [7, 11) is 1.66. The normalized spacial score (nSPS) is 17.3. The number of carbonyl (C=O) groups is 1. The van der Waals surface area contributed by atoms with E-state index in [9.17, 15) is 4.79 Å². The monoisotopic (exact) mass is 260 g/mol. The van der Waals surface area contributed by atoms with Crippen molar-refractivity contribution in [2.45, 2.75) is 51.0 Å². The lowest BCUT2D eigenvalue weighted by Crippen LogP contribution is -2.21. The number of nitrogens with one attached hydrogen (secondary N) is 2. The van der Waals surface area contributed by atoms with Gasteiger partial charge >= 0.3 is 0 Å². The van der Waals surface area contributed by atoms with Crippen molar-refractivity contribution >= 4 is 11.6 Å². The number of hydrogen-bond acceptors (Lipinski definition) is 2. The molecule has 0 atom stereocenters. The number of carbonyl (C=O) groups excluding carboxylic acids is 1. The number of rotatable bonds is 3. The fourth-order valence-electron chi connectivity index (χ4n) is 2.73. The summed E-state index contributed by atoms with van der Waals surface area (Å²) in [4.78, 5) is 11.6. The van der Waals surface area contributed by atoms with Crippen LogP contribution in [0.25, 0.3) is 0 Å². The van der Waals surface area contributed by atoms with Crippen LogP contribution in [-0.4, -0.2) is 19.0 Å². The van der Waals surface area contributed by atoms with Crippen molar-refractivity contribution in [1.82, 2.24) is 5.32 Å². The van der Waals surface area contributed by atoms with Crippen molar-refractivity contribution < 1.29 is 4.79 Å². The standard InChI is InChI=1S/C16H24N2O/c1-17-16(19)13-8-7-11-15(12-13)18-14-9-5-3-2-4-6-10-14/h7-8,11-12,14,18H,2-6,9-10H2,1H3,(H,17,19). The van der Waals surface area contributed by atoms with Gasteiger partial charge in [0.05, 0.1) is 0 Å². The van der Waals surface area contributed by atoms with E-state index in [1.54, 1.807) is 7.05 Å². The molecule has 0 aliphatic heterocycles. The van der Waals surface area contributed by atoms with Gasteiger partial charge in [0.1, 0.15) is 0 Å². The summed E-state index contributed by atoms with van der Waals surface area (Å²) in [5.41, 5.74) is 1.78. The first kappa shape index (κ1) is 13.9. The maximum absolute atomic E-state index is 11.6. The van der Waals surface area contributed by atoms with E-state index in [1.165, 1.54) is 44.9 Å². The van der Waals surface area contributed by atoms with Gasteiger partial charge in [0, 0.05) is 24.3 Å². The highest BCUT2D eigenvalue weighted by atomic mass is 16.1. The van der Waals surface area contributed by atoms with Gasteiger partial charge in [0.25, 0.3) is 5.91 Å². The Kier molecular flexibility index (Phi) is 5.25. The molecule has 0 heterocycles. The molecule has 0 radical (unpaired) electrons. The molecular formula is C16H24N2O. The molecule has 1 amide bonds. The first-order valence-electron chi connectivity index (χ1n) is 7.38. The quantitative estimate of drug-likeness (QED) is 0.872. The molecule has 3 heteroatoms. The van der Waals surface area contributed by atoms with Crippen molar-refractivity contribution in [3.63, 3.8) is 0 Å². The Morgan fingerprint density at radius 2 is 1.79 bits per heavy atom. The van der Waals surface area contributed by atoms with Gasteiger partial charge < -0.3 is 10.6 Å². The highest BCUT2D eigenvalue weighted by Gasteiger charge is 2.11. The fraction of sp³-hybridized carbons (Fsp3) is 0.562. The Balaban J connectivity index is 1.99. The second-order valence-electron chi connectivity index (χ2n) is 5.35. The lowest BCUT2D eigenvalue weighted by atomic mass is 9.96. The van der Waals surface area contributed by atoms with Crippen molar-refractivity contribution in [3.05, 3.63) is 29.8 Å². The average Bonchev–Trinajstić information content (AvgIpc) is 2.41. The van der Waals surface area contributed by atoms with Gasteiger partial charge in [0.2, 0.25) is 0 Å². The predicted octanol–water partition coefficient (Wildman–Crippen LogP) is 3.57. The average molecular weight is 260 g/mol. The molecule has 1 fully saturated rings. The summed E-state index contributed by atoms with van der Waals surface area (Å²) in [5, 5.41) is 6.25. The zero-order valence-corrected chi connectivity index (χ0v) is 11.7. The summed E-state index contributed by atoms with van der Waals surface area (Å²) >= 11 is 0. The molecule has 1 aromatic rings. The van der Waals surface area contributed by atoms with Crippen LogP contribution >= 0.6 is 0 Å². The van der Waals surface area contributed by atoms with E-state index in [0.717, 1.165) is 11.3 Å². The molecule has 1 aliphatic rings. The molecular weight excluding hydrogens is 236 g/mol. The third-order valence-electron chi connectivity index (χ3n) is 3.83. The maximum Gasteiger partial charge on any atom is 0.251 e. The van der Waals surface area contributed by atoms with Gasteiger partial charge in [0.15, 0.2) is 0 Å². The van der Waals surface area contributed by atoms with Gasteiger partial charge in [-0.1, -0.05) is 38.2 Å². The number of hydrogen-bond donors (Lipinski definition) is 2. The largest absolute Gasteiger partial charge is 0.382 e. The molecule has 0 unspecified atom stereocenters. The van der Waals surface area contributed by atoms with E-state index < -0.39 is 0 Å². The zero-order valence-electron chi connectivity index (χ0n) is 11.7. The molecule has 0 spiro atoms. The summed E-state index contributed by atoms with van der Waals surface area (Å²) < 4.78 is 0. The predicted molar refractivity (Wildman–Crippen MR) is 79.6 cm³/mol. The van der Waals surface area contributed by atoms with Crippen molar-refractivity contribution in [2.24, 2.45) is 0 Å². The van der Waals surface area contributed by atoms with Gasteiger partial charge in [-0.25, -0.2) is 0 Å². The third-order valence-corrected chi connectivity index (χ3v) is 3.83. The third kappa shape index (κ3) is 4.27. The number of benzene rings is 1. The number of anilines is 1. The van der Waals surface area contributed by atoms with E-state index >= 15 is 0 Å². The zero-order chi connectivity index (χ0) is 13.5. The molecule has 0 saturated heterocycles. The highest BCUT2D eigenvalue weighted by molar-refractivity contribution is 5.94. The maximum atomic E-state index is 11.6. The van der Waals surface area contributed by atoms with Crippen LogP contribution in [0.15, 0.2) is 24.3 Å². The summed E-state index contributed by atoms with van der Waals surface area (Å²) in [5.74, 6) is -0.0266. The molecule has 2 N–H and O–H groups in total. The van der Waals surface area contributed by atoms with Gasteiger partial charge in [-0.05, 0) is 31.0 Å². The smallest absolute Gasteiger partial charge is 0.251 e. The van der Waals surface area contributed by atoms with E-state index in [0.29, 0.717) is 6.04 Å². The van der Waals surface area contributed by atoms with E-state index in [2.05, 4.69) is 10.6 Å². The minimum Gasteiger partial charge on any atom is -0.382 e. The molecule has 0 bridgehead atoms. The Morgan fingerprint density at radius 3 is 2.47 bits per heavy atom. The van der Waals surface area contributed by atoms with Crippen LogP contribution in [0.1, 0.15) is 55.3 Å². The highest BCUT2D eigenvalue weighted by Crippen LogP contribution is 2.21. The van der Waals surface area contributed by atoms with Crippen LogP contribution in [0.3, 0.4) is 0 Å². The van der Waals surface area contributed by atoms with Crippen molar-refractivity contribution in [3.8, 4) is 0 Å². The first-order chi connectivity index (χ1) is 9.29. The minimum absolute atomic E-state index is 0.0266. The first-order valence-corrected chi connectivity index (χ1v) is 7.38. The van der Waals surface area contributed by atoms with E-state index in [4.69, 9.17) is 0 Å². The van der Waals surface area contributed by atoms with Crippen LogP contribution in [-0.2, 0) is 0 Å². The SMILES string of the molecule is CNC(=O)c1cccc(NC2CCCCCCC2)c1. The summed E-state index contributed by atoms with van der Waals surface area (Å²) in [6.45, 7) is 0. The molecule has 1 saturated carbocycles. The van der Waals surface area contributed by atoms with E-state index in [-0.39, 0.29) is 5.91 Å². The molecule has 3 nitrogen and oxygen atoms in total. The molecule has 2 rings (SSSR count). The Morgan fingerprint density at radius 1 is 1.11 bits per heavy atom. The minimum atomic E-state index is -0.0266. The summed E-state index contributed by atoms with van der Waals surface area (Å²) in [6, 6.07) is 8.33. The van der Waals surface area contributed by atoms with Crippen LogP contribution in [0.2, 0.25) is 0 Å². The van der Waals surface area contributed by atoms with Gasteiger partial charge in [-0.3, -0.25) is 4.79 Å². The fourth-order valence-corrected chi connectivity index (χ4v) is 2.73. The Hall–Kier alpha value is -1.51. The molecule has 1 aromatic carbocycles. The van der Waals surface area contributed by atoms with E-state index in [1.807, 2.05) is 24.3 Å². The molecule has 19 heavy (non-hydrogen) atoms. The Labute approximate surface area is 115 Å². The Bertz CT molecular complexity index is 409. The van der Waals surface area contributed by atoms with Crippen LogP contribution in [0.4, 0.5) is 5.69 Å². The molecule has 0 aromatic heterocycles. The van der Waals surface area contributed by atoms with Crippen LogP contribution in [0.5, 0.6) is 0 Å². The second-order valence-corrected chi connectivity index (χ2v) is 5.35. The second kappa shape index (κ2) is 7.17. The topological polar surface area (TPSA) is 41.1 Å². The lowest BCUT2D eigenvalue weighted by molar-refractivity contribution is 0.0963. The number of amides is 1. The van der Waals surface area contributed by atoms with Gasteiger partial charge in [-0.2, -0.15) is 0 Å². The van der Waals surface area contributed by atoms with Crippen LogP contribution < -0.4 is 10.6 Å². The lowest BCUT2D eigenvalue weighted by Gasteiger charge is -2.22. The van der Waals surface area contributed by atoms with Crippen LogP contribution in [0, 0.1) is 0 Å².